The fourth-order valence-corrected chi connectivity index (χ4v) is 1.60. The minimum Gasteiger partial charge on any atom is -0.265 e. The van der Waals surface area contributed by atoms with Gasteiger partial charge in [0.15, 0.2) is 0 Å². The van der Waals surface area contributed by atoms with Crippen molar-refractivity contribution in [2.45, 2.75) is 0 Å². The van der Waals surface area contributed by atoms with Crippen LogP contribution in [0.25, 0.3) is 16.8 Å². The Kier molecular flexibility index (Phi) is 1.75. The van der Waals surface area contributed by atoms with Crippen LogP contribution in [0.5, 0.6) is 0 Å². The molecule has 0 aliphatic rings. The average Bonchev–Trinajstić information content (AvgIpc) is 2.74. The smallest absolute Gasteiger partial charge is 0.0934 e. The molecular weight excluding hydrogens is 186 g/mol. The van der Waals surface area contributed by atoms with E-state index in [2.05, 4.69) is 16.1 Å². The molecule has 0 radical (unpaired) electrons. The molecule has 0 spiro atoms. The van der Waals surface area contributed by atoms with Crippen LogP contribution in [0.3, 0.4) is 0 Å². The fourth-order valence-electron chi connectivity index (χ4n) is 1.60. The largest absolute Gasteiger partial charge is 0.265 e. The van der Waals surface area contributed by atoms with E-state index in [1.54, 1.807) is 12.4 Å². The Labute approximate surface area is 87.0 Å². The maximum atomic E-state index is 4.47. The summed E-state index contributed by atoms with van der Waals surface area (Å²) in [7, 11) is 0. The number of rotatable bonds is 1. The van der Waals surface area contributed by atoms with E-state index in [-0.39, 0.29) is 0 Å². The Morgan fingerprint density at radius 3 is 2.67 bits per heavy atom. The van der Waals surface area contributed by atoms with Gasteiger partial charge in [-0.25, -0.2) is 4.52 Å². The molecule has 0 bridgehead atoms. The molecule has 0 saturated heterocycles. The lowest BCUT2D eigenvalue weighted by Gasteiger charge is -1.92. The van der Waals surface area contributed by atoms with E-state index in [4.69, 9.17) is 0 Å². The maximum absolute atomic E-state index is 4.47. The van der Waals surface area contributed by atoms with Gasteiger partial charge < -0.3 is 0 Å². The molecule has 0 fully saturated rings. The van der Waals surface area contributed by atoms with Crippen molar-refractivity contribution in [2.24, 2.45) is 0 Å². The lowest BCUT2D eigenvalue weighted by atomic mass is 10.2. The molecule has 0 aromatic carbocycles. The normalized spacial score (nSPS) is 10.7. The van der Waals surface area contributed by atoms with Crippen molar-refractivity contribution in [3.05, 3.63) is 55.0 Å². The lowest BCUT2D eigenvalue weighted by Crippen LogP contribution is -1.84. The van der Waals surface area contributed by atoms with Gasteiger partial charge in [0.2, 0.25) is 0 Å². The number of nitrogens with zero attached hydrogens (tertiary/aromatic N) is 3. The lowest BCUT2D eigenvalue weighted by molar-refractivity contribution is 0.965. The first-order valence-electron chi connectivity index (χ1n) is 4.78. The van der Waals surface area contributed by atoms with E-state index in [1.165, 1.54) is 0 Å². The third-order valence-corrected chi connectivity index (χ3v) is 2.35. The molecule has 3 aromatic heterocycles. The van der Waals surface area contributed by atoms with Crippen LogP contribution >= 0.6 is 0 Å². The zero-order valence-corrected chi connectivity index (χ0v) is 8.04. The van der Waals surface area contributed by atoms with Crippen molar-refractivity contribution in [3.63, 3.8) is 0 Å². The molecule has 0 saturated carbocycles. The van der Waals surface area contributed by atoms with Gasteiger partial charge in [-0.15, -0.1) is 0 Å². The number of aromatic nitrogens is 3. The van der Waals surface area contributed by atoms with Crippen LogP contribution in [0.4, 0.5) is 0 Å². The van der Waals surface area contributed by atoms with E-state index in [1.807, 2.05) is 41.0 Å². The van der Waals surface area contributed by atoms with Crippen molar-refractivity contribution in [1.29, 1.82) is 0 Å². The molecule has 3 rings (SSSR count). The first-order valence-corrected chi connectivity index (χ1v) is 4.78. The van der Waals surface area contributed by atoms with Gasteiger partial charge in [0.1, 0.15) is 0 Å². The van der Waals surface area contributed by atoms with Crippen LogP contribution in [0.2, 0.25) is 0 Å². The first kappa shape index (κ1) is 8.17. The summed E-state index contributed by atoms with van der Waals surface area (Å²) in [4.78, 5) is 3.99. The van der Waals surface area contributed by atoms with Crippen molar-refractivity contribution < 1.29 is 0 Å². The second-order valence-corrected chi connectivity index (χ2v) is 3.34. The highest BCUT2D eigenvalue weighted by Crippen LogP contribution is 2.18. The van der Waals surface area contributed by atoms with Crippen LogP contribution in [-0.2, 0) is 0 Å². The fraction of sp³-hybridized carbons (Fsp3) is 0. The number of hydrogen-bond donors (Lipinski definition) is 0. The van der Waals surface area contributed by atoms with E-state index in [0.717, 1.165) is 16.8 Å². The molecule has 0 N–H and O–H groups in total. The van der Waals surface area contributed by atoms with E-state index in [0.29, 0.717) is 0 Å². The van der Waals surface area contributed by atoms with Crippen molar-refractivity contribution in [2.75, 3.05) is 0 Å². The standard InChI is InChI=1S/C12H9N3/c1-2-8-15-11(3-1)9-12(14-15)10-4-6-13-7-5-10/h1-9H. The van der Waals surface area contributed by atoms with Gasteiger partial charge in [0, 0.05) is 24.2 Å². The molecule has 0 amide bonds. The highest BCUT2D eigenvalue weighted by Gasteiger charge is 2.02. The SMILES string of the molecule is c1ccn2nc(-c3ccncc3)cc2c1. The van der Waals surface area contributed by atoms with Crippen LogP contribution in [-0.4, -0.2) is 14.6 Å². The minimum atomic E-state index is 0.976. The Hall–Kier alpha value is -2.16. The van der Waals surface area contributed by atoms with E-state index >= 15 is 0 Å². The summed E-state index contributed by atoms with van der Waals surface area (Å²) >= 11 is 0. The van der Waals surface area contributed by atoms with Gasteiger partial charge in [-0.1, -0.05) is 6.07 Å². The Morgan fingerprint density at radius 1 is 1.00 bits per heavy atom. The third kappa shape index (κ3) is 1.38. The van der Waals surface area contributed by atoms with Gasteiger partial charge in [0.05, 0.1) is 11.2 Å². The molecule has 0 aliphatic carbocycles. The number of hydrogen-bond acceptors (Lipinski definition) is 2. The molecular formula is C12H9N3. The topological polar surface area (TPSA) is 30.2 Å². The van der Waals surface area contributed by atoms with E-state index < -0.39 is 0 Å². The van der Waals surface area contributed by atoms with Gasteiger partial charge in [0.25, 0.3) is 0 Å². The molecule has 3 aromatic rings. The Bertz CT molecular complexity index is 551. The molecule has 0 unspecified atom stereocenters. The van der Waals surface area contributed by atoms with Crippen molar-refractivity contribution in [3.8, 4) is 11.3 Å². The Morgan fingerprint density at radius 2 is 1.87 bits per heavy atom. The highest BCUT2D eigenvalue weighted by molar-refractivity contribution is 5.65. The summed E-state index contributed by atoms with van der Waals surface area (Å²) in [6, 6.07) is 12.0. The minimum absolute atomic E-state index is 0.976. The summed E-state index contributed by atoms with van der Waals surface area (Å²) in [5.41, 5.74) is 3.17. The quantitative estimate of drug-likeness (QED) is 0.596. The van der Waals surface area contributed by atoms with E-state index in [9.17, 15) is 0 Å². The van der Waals surface area contributed by atoms with Crippen LogP contribution < -0.4 is 0 Å². The van der Waals surface area contributed by atoms with Crippen LogP contribution in [0.15, 0.2) is 55.0 Å². The molecule has 72 valence electrons. The highest BCUT2D eigenvalue weighted by atomic mass is 15.2. The predicted molar refractivity (Wildman–Crippen MR) is 58.4 cm³/mol. The number of fused-ring (bicyclic) bond motifs is 1. The summed E-state index contributed by atoms with van der Waals surface area (Å²) in [6.45, 7) is 0. The molecule has 0 aliphatic heterocycles. The summed E-state index contributed by atoms with van der Waals surface area (Å²) < 4.78 is 1.87. The average molecular weight is 195 g/mol. The summed E-state index contributed by atoms with van der Waals surface area (Å²) in [6.07, 6.45) is 5.50. The summed E-state index contributed by atoms with van der Waals surface area (Å²) in [5, 5.41) is 4.47. The van der Waals surface area contributed by atoms with Gasteiger partial charge in [-0.05, 0) is 30.3 Å². The van der Waals surface area contributed by atoms with Crippen LogP contribution in [0.1, 0.15) is 0 Å². The Balaban J connectivity index is 2.21. The second kappa shape index (κ2) is 3.20. The zero-order valence-electron chi connectivity index (χ0n) is 8.04. The second-order valence-electron chi connectivity index (χ2n) is 3.34. The zero-order chi connectivity index (χ0) is 10.1. The molecule has 3 nitrogen and oxygen atoms in total. The third-order valence-electron chi connectivity index (χ3n) is 2.35. The molecule has 3 heterocycles. The molecule has 3 heteroatoms. The molecule has 15 heavy (non-hydrogen) atoms. The van der Waals surface area contributed by atoms with Gasteiger partial charge >= 0.3 is 0 Å². The van der Waals surface area contributed by atoms with Crippen LogP contribution in [0, 0.1) is 0 Å². The van der Waals surface area contributed by atoms with Gasteiger partial charge in [-0.2, -0.15) is 5.10 Å². The molecule has 0 atom stereocenters. The number of pyridine rings is 2. The first-order chi connectivity index (χ1) is 7.43. The van der Waals surface area contributed by atoms with Crippen molar-refractivity contribution in [1.82, 2.24) is 14.6 Å². The summed E-state index contributed by atoms with van der Waals surface area (Å²) in [5.74, 6) is 0. The van der Waals surface area contributed by atoms with Crippen molar-refractivity contribution >= 4 is 5.52 Å². The predicted octanol–water partition coefficient (Wildman–Crippen LogP) is 2.40. The maximum Gasteiger partial charge on any atom is 0.0934 e. The van der Waals surface area contributed by atoms with Gasteiger partial charge in [-0.3, -0.25) is 4.98 Å². The monoisotopic (exact) mass is 195 g/mol.